The second-order valence-electron chi connectivity index (χ2n) is 1.57. The summed E-state index contributed by atoms with van der Waals surface area (Å²) in [5.74, 6) is 0. The fraction of sp³-hybridized carbons (Fsp3) is 0. The summed E-state index contributed by atoms with van der Waals surface area (Å²) in [5.41, 5.74) is 0. The second kappa shape index (κ2) is 3.31. The van der Waals surface area contributed by atoms with E-state index < -0.39 is 0 Å². The maximum absolute atomic E-state index is 5.70. The van der Waals surface area contributed by atoms with Crippen LogP contribution in [0.3, 0.4) is 0 Å². The topological polar surface area (TPSA) is 0 Å². The molecule has 0 N–H and O–H groups in total. The maximum atomic E-state index is 5.70. The molecule has 0 aromatic heterocycles. The molecule has 0 bridgehead atoms. The predicted molar refractivity (Wildman–Crippen MR) is 54.8 cm³/mol. The molecule has 10 heavy (non-hydrogen) atoms. The smallest absolute Gasteiger partial charge is 0.0376 e. The summed E-state index contributed by atoms with van der Waals surface area (Å²) in [6.07, 6.45) is 0. The van der Waals surface area contributed by atoms with Crippen molar-refractivity contribution in [2.75, 3.05) is 0 Å². The van der Waals surface area contributed by atoms with Gasteiger partial charge in [-0.1, -0.05) is 36.2 Å². The van der Waals surface area contributed by atoms with Crippen molar-refractivity contribution in [1.29, 1.82) is 0 Å². The van der Waals surface area contributed by atoms with Gasteiger partial charge in [0.1, 0.15) is 0 Å². The summed E-state index contributed by atoms with van der Waals surface area (Å²) in [4.78, 5) is 0. The Balaban J connectivity index is 3.44. The lowest BCUT2D eigenvalue weighted by Crippen LogP contribution is -1.60. The summed E-state index contributed by atoms with van der Waals surface area (Å²) in [7, 11) is 0. The van der Waals surface area contributed by atoms with Crippen LogP contribution in [0.2, 0.25) is 20.1 Å². The highest BCUT2D eigenvalue weighted by atomic mass is 127. The van der Waals surface area contributed by atoms with Crippen molar-refractivity contribution in [3.05, 3.63) is 23.7 Å². The zero-order valence-electron chi connectivity index (χ0n) is 4.39. The van der Waals surface area contributed by atoms with Gasteiger partial charge in [0.2, 0.25) is 0 Å². The molecular weight excluding hydrogens is 329 g/mol. The Bertz CT molecular complexity index is 185. The van der Waals surface area contributed by atoms with Gasteiger partial charge in [-0.15, -0.1) is 11.6 Å². The van der Waals surface area contributed by atoms with E-state index in [1.165, 1.54) is 0 Å². The highest BCUT2D eigenvalue weighted by Crippen LogP contribution is 2.43. The van der Waals surface area contributed by atoms with Crippen LogP contribution in [0.4, 0.5) is 0 Å². The van der Waals surface area contributed by atoms with Gasteiger partial charge in [0, 0.05) is 0 Å². The van der Waals surface area contributed by atoms with Gasteiger partial charge in [-0.25, -0.2) is 0 Å². The molecule has 1 rings (SSSR count). The normalized spacial score (nSPS) is 10.5. The van der Waals surface area contributed by atoms with Crippen molar-refractivity contribution in [2.45, 2.75) is 0 Å². The molecular formula is C5Cl4I-. The Morgan fingerprint density at radius 3 is 1.70 bits per heavy atom. The van der Waals surface area contributed by atoms with Crippen molar-refractivity contribution >= 4 is 69.0 Å². The van der Waals surface area contributed by atoms with Crippen LogP contribution in [0.1, 0.15) is 0 Å². The second-order valence-corrected chi connectivity index (χ2v) is 4.16. The lowest BCUT2D eigenvalue weighted by molar-refractivity contribution is 1.87. The number of halogens is 5. The van der Waals surface area contributed by atoms with Gasteiger partial charge in [0.25, 0.3) is 0 Å². The first kappa shape index (κ1) is 9.33. The largest absolute Gasteiger partial charge is 0.177 e. The zero-order valence-corrected chi connectivity index (χ0v) is 9.57. The molecule has 0 spiro atoms. The van der Waals surface area contributed by atoms with Crippen molar-refractivity contribution in [2.24, 2.45) is 0 Å². The molecule has 0 aliphatic rings. The van der Waals surface area contributed by atoms with Gasteiger partial charge in [-0.2, -0.15) is 34.8 Å². The molecule has 1 aromatic carbocycles. The summed E-state index contributed by atoms with van der Waals surface area (Å²) in [6, 6.07) is 0. The third kappa shape index (κ3) is 1.39. The molecule has 0 atom stereocenters. The monoisotopic (exact) mass is 327 g/mol. The van der Waals surface area contributed by atoms with E-state index in [4.69, 9.17) is 46.4 Å². The van der Waals surface area contributed by atoms with E-state index in [-0.39, 0.29) is 0 Å². The number of hydrogen-bond donors (Lipinski definition) is 0. The van der Waals surface area contributed by atoms with Crippen LogP contribution >= 0.6 is 69.0 Å². The molecule has 5 heteroatoms. The molecule has 56 valence electrons. The molecule has 0 fully saturated rings. The first-order valence-corrected chi connectivity index (χ1v) is 4.79. The molecule has 0 unspecified atom stereocenters. The van der Waals surface area contributed by atoms with E-state index >= 15 is 0 Å². The Morgan fingerprint density at radius 2 is 1.60 bits per heavy atom. The Kier molecular flexibility index (Phi) is 3.09. The van der Waals surface area contributed by atoms with E-state index in [9.17, 15) is 0 Å². The van der Waals surface area contributed by atoms with Crippen LogP contribution in [0.5, 0.6) is 0 Å². The third-order valence-electron chi connectivity index (χ3n) is 0.964. The highest BCUT2D eigenvalue weighted by molar-refractivity contribution is 14.1. The van der Waals surface area contributed by atoms with Crippen molar-refractivity contribution in [3.63, 3.8) is 0 Å². The molecule has 0 heterocycles. The standard InChI is InChI=1S/C5Cl4I/c6-1-2(7)4(9)5(10)3(1)8/q-1. The van der Waals surface area contributed by atoms with Crippen LogP contribution in [0.25, 0.3) is 0 Å². The minimum Gasteiger partial charge on any atom is -0.177 e. The summed E-state index contributed by atoms with van der Waals surface area (Å²) in [5, 5.41) is 1.52. The van der Waals surface area contributed by atoms with Gasteiger partial charge in [0.15, 0.2) is 0 Å². The molecule has 0 saturated carbocycles. The molecule has 0 nitrogen and oxygen atoms in total. The zero-order chi connectivity index (χ0) is 7.89. The van der Waals surface area contributed by atoms with Gasteiger partial charge < -0.3 is 0 Å². The van der Waals surface area contributed by atoms with Gasteiger partial charge in [-0.05, 0) is 10.0 Å². The first-order chi connectivity index (χ1) is 4.55. The Morgan fingerprint density at radius 1 is 1.10 bits per heavy atom. The molecule has 0 aliphatic carbocycles. The van der Waals surface area contributed by atoms with Gasteiger partial charge in [0.05, 0.1) is 0 Å². The fourth-order valence-electron chi connectivity index (χ4n) is 0.482. The quantitative estimate of drug-likeness (QED) is 0.481. The van der Waals surface area contributed by atoms with Crippen LogP contribution in [0, 0.1) is 3.57 Å². The summed E-state index contributed by atoms with van der Waals surface area (Å²) >= 11 is 24.7. The van der Waals surface area contributed by atoms with E-state index in [0.717, 1.165) is 0 Å². The molecule has 0 aliphatic heterocycles. The van der Waals surface area contributed by atoms with E-state index in [1.807, 2.05) is 22.6 Å². The average molecular weight is 329 g/mol. The highest BCUT2D eigenvalue weighted by Gasteiger charge is 2.04. The van der Waals surface area contributed by atoms with Crippen molar-refractivity contribution < 1.29 is 0 Å². The van der Waals surface area contributed by atoms with Gasteiger partial charge in [-0.3, -0.25) is 0 Å². The molecule has 0 saturated heterocycles. The Hall–Kier alpha value is 1.24. The third-order valence-corrected chi connectivity index (χ3v) is 4.48. The predicted octanol–water partition coefficient (Wildman–Crippen LogP) is 4.62. The Labute approximate surface area is 91.9 Å². The number of hydrogen-bond acceptors (Lipinski definition) is 0. The molecule has 1 aromatic rings. The fourth-order valence-corrected chi connectivity index (χ4v) is 2.24. The first-order valence-electron chi connectivity index (χ1n) is 2.19. The minimum absolute atomic E-state index is 0.331. The SMILES string of the molecule is Clc1c(Cl)c(I)[c-](Cl)c1Cl. The van der Waals surface area contributed by atoms with Crippen LogP contribution < -0.4 is 0 Å². The molecule has 0 radical (unpaired) electrons. The van der Waals surface area contributed by atoms with E-state index in [2.05, 4.69) is 0 Å². The minimum atomic E-state index is 0.331. The van der Waals surface area contributed by atoms with E-state index in [0.29, 0.717) is 23.7 Å². The maximum Gasteiger partial charge on any atom is -0.0376 e. The van der Waals surface area contributed by atoms with Crippen molar-refractivity contribution in [3.8, 4) is 0 Å². The lowest BCUT2D eigenvalue weighted by atomic mass is 10.7. The number of rotatable bonds is 0. The van der Waals surface area contributed by atoms with Gasteiger partial charge >= 0.3 is 0 Å². The summed E-state index contributed by atoms with van der Waals surface area (Å²) in [6.45, 7) is 0. The lowest BCUT2D eigenvalue weighted by Gasteiger charge is -1.95. The van der Waals surface area contributed by atoms with Crippen LogP contribution in [0.15, 0.2) is 0 Å². The molecule has 0 amide bonds. The van der Waals surface area contributed by atoms with E-state index in [1.54, 1.807) is 0 Å². The van der Waals surface area contributed by atoms with Crippen LogP contribution in [-0.2, 0) is 0 Å². The summed E-state index contributed by atoms with van der Waals surface area (Å²) < 4.78 is 0.705. The average Bonchev–Trinajstić information content (AvgIpc) is 2.07. The van der Waals surface area contributed by atoms with Crippen molar-refractivity contribution in [1.82, 2.24) is 0 Å². The van der Waals surface area contributed by atoms with Crippen LogP contribution in [-0.4, -0.2) is 0 Å².